The monoisotopic (exact) mass is 785 g/mol. The molecule has 0 radical (unpaired) electrons. The van der Waals surface area contributed by atoms with Crippen LogP contribution in [0.4, 0.5) is 0 Å². The average Bonchev–Trinajstić information content (AvgIpc) is 3.19. The van der Waals surface area contributed by atoms with E-state index >= 15 is 0 Å². The number of esters is 3. The van der Waals surface area contributed by atoms with Crippen LogP contribution in [0.5, 0.6) is 0 Å². The van der Waals surface area contributed by atoms with Gasteiger partial charge in [-0.15, -0.1) is 0 Å². The van der Waals surface area contributed by atoms with Crippen LogP contribution in [-0.4, -0.2) is 37.2 Å². The molecule has 0 bridgehead atoms. The van der Waals surface area contributed by atoms with E-state index in [0.717, 1.165) is 83.5 Å². The Labute approximate surface area is 346 Å². The zero-order valence-corrected chi connectivity index (χ0v) is 36.9. The van der Waals surface area contributed by atoms with Crippen LogP contribution in [0.1, 0.15) is 233 Å². The molecule has 0 spiro atoms. The predicted molar refractivity (Wildman–Crippen MR) is 238 cm³/mol. The first-order valence-corrected chi connectivity index (χ1v) is 23.6. The number of ether oxygens (including phenoxy) is 3. The minimum atomic E-state index is -0.784. The highest BCUT2D eigenvalue weighted by atomic mass is 16.6. The third kappa shape index (κ3) is 42.5. The Morgan fingerprint density at radius 2 is 0.696 bits per heavy atom. The minimum absolute atomic E-state index is 0.0854. The molecule has 0 aromatic rings. The fraction of sp³-hybridized carbons (Fsp3) is 0.780. The second-order valence-electron chi connectivity index (χ2n) is 15.6. The van der Waals surface area contributed by atoms with Gasteiger partial charge in [-0.3, -0.25) is 14.4 Å². The summed E-state index contributed by atoms with van der Waals surface area (Å²) in [5, 5.41) is 0. The normalized spacial score (nSPS) is 12.4. The molecule has 1 atom stereocenters. The van der Waals surface area contributed by atoms with Crippen molar-refractivity contribution >= 4 is 17.9 Å². The number of unbranched alkanes of at least 4 members (excludes halogenated alkanes) is 23. The highest BCUT2D eigenvalue weighted by Crippen LogP contribution is 2.14. The van der Waals surface area contributed by atoms with Crippen molar-refractivity contribution in [2.45, 2.75) is 239 Å². The molecule has 0 saturated heterocycles. The van der Waals surface area contributed by atoms with E-state index in [2.05, 4.69) is 69.4 Å². The molecule has 0 fully saturated rings. The maximum Gasteiger partial charge on any atom is 0.306 e. The Morgan fingerprint density at radius 3 is 1.12 bits per heavy atom. The fourth-order valence-electron chi connectivity index (χ4n) is 6.51. The van der Waals surface area contributed by atoms with Crippen molar-refractivity contribution in [1.29, 1.82) is 0 Å². The molecule has 0 saturated carbocycles. The molecule has 0 aliphatic heterocycles. The Morgan fingerprint density at radius 1 is 0.375 bits per heavy atom. The van der Waals surface area contributed by atoms with Crippen molar-refractivity contribution in [3.8, 4) is 0 Å². The Balaban J connectivity index is 4.34. The lowest BCUT2D eigenvalue weighted by Gasteiger charge is -2.18. The van der Waals surface area contributed by atoms with Crippen molar-refractivity contribution in [3.05, 3.63) is 48.6 Å². The summed E-state index contributed by atoms with van der Waals surface area (Å²) in [7, 11) is 0. The van der Waals surface area contributed by atoms with Gasteiger partial charge < -0.3 is 14.2 Å². The van der Waals surface area contributed by atoms with Crippen LogP contribution < -0.4 is 0 Å². The third-order valence-corrected chi connectivity index (χ3v) is 10.1. The highest BCUT2D eigenvalue weighted by molar-refractivity contribution is 5.71. The van der Waals surface area contributed by atoms with Gasteiger partial charge >= 0.3 is 17.9 Å². The zero-order chi connectivity index (χ0) is 40.8. The quantitative estimate of drug-likeness (QED) is 0.0265. The maximum atomic E-state index is 12.7. The van der Waals surface area contributed by atoms with Crippen molar-refractivity contribution in [3.63, 3.8) is 0 Å². The smallest absolute Gasteiger partial charge is 0.306 e. The molecule has 0 aromatic heterocycles. The van der Waals surface area contributed by atoms with Crippen LogP contribution in [0.2, 0.25) is 0 Å². The summed E-state index contributed by atoms with van der Waals surface area (Å²) >= 11 is 0. The summed E-state index contributed by atoms with van der Waals surface area (Å²) < 4.78 is 16.7. The first kappa shape index (κ1) is 53.4. The van der Waals surface area contributed by atoms with E-state index in [0.29, 0.717) is 19.3 Å². The first-order valence-electron chi connectivity index (χ1n) is 23.6. The topological polar surface area (TPSA) is 78.9 Å². The first-order chi connectivity index (χ1) is 27.5. The van der Waals surface area contributed by atoms with Crippen LogP contribution in [0.3, 0.4) is 0 Å². The Bertz CT molecular complexity index is 996. The molecule has 6 heteroatoms. The van der Waals surface area contributed by atoms with E-state index in [4.69, 9.17) is 14.2 Å². The molecular weight excluding hydrogens is 697 g/mol. The highest BCUT2D eigenvalue weighted by Gasteiger charge is 2.19. The van der Waals surface area contributed by atoms with Crippen LogP contribution in [0.15, 0.2) is 48.6 Å². The minimum Gasteiger partial charge on any atom is -0.462 e. The molecule has 0 heterocycles. The lowest BCUT2D eigenvalue weighted by molar-refractivity contribution is -0.167. The van der Waals surface area contributed by atoms with E-state index in [1.54, 1.807) is 0 Å². The molecule has 324 valence electrons. The Kier molecular flexibility index (Phi) is 43.0. The number of allylic oxidation sites excluding steroid dienone is 8. The van der Waals surface area contributed by atoms with Gasteiger partial charge in [-0.05, 0) is 77.0 Å². The van der Waals surface area contributed by atoms with Gasteiger partial charge in [-0.2, -0.15) is 0 Å². The summed E-state index contributed by atoms with van der Waals surface area (Å²) in [6, 6.07) is 0. The molecular formula is C50H88O6. The average molecular weight is 785 g/mol. The predicted octanol–water partition coefficient (Wildman–Crippen LogP) is 15.1. The summed E-state index contributed by atoms with van der Waals surface area (Å²) in [5.41, 5.74) is 0. The number of rotatable bonds is 42. The Hall–Kier alpha value is -2.63. The van der Waals surface area contributed by atoms with Gasteiger partial charge in [0.1, 0.15) is 13.2 Å². The second-order valence-corrected chi connectivity index (χ2v) is 15.6. The largest absolute Gasteiger partial charge is 0.462 e. The maximum absolute atomic E-state index is 12.7. The van der Waals surface area contributed by atoms with Gasteiger partial charge in [-0.25, -0.2) is 0 Å². The summed E-state index contributed by atoms with van der Waals surface area (Å²) in [6.45, 7) is 6.46. The molecule has 0 aliphatic rings. The molecule has 1 unspecified atom stereocenters. The molecule has 0 amide bonds. The van der Waals surface area contributed by atoms with E-state index in [1.165, 1.54) is 109 Å². The number of hydrogen-bond donors (Lipinski definition) is 0. The number of hydrogen-bond acceptors (Lipinski definition) is 6. The SMILES string of the molecule is CC/C=C\C/C=C\C/C=C\CCCCCC(=O)OC(COC(=O)CCCCCCCCCC)COC(=O)CCCCCCCCC/C=C\CCCCCCCC. The van der Waals surface area contributed by atoms with Gasteiger partial charge in [0.15, 0.2) is 6.10 Å². The third-order valence-electron chi connectivity index (χ3n) is 10.1. The second kappa shape index (κ2) is 45.1. The number of carbonyl (C=O) groups is 3. The van der Waals surface area contributed by atoms with Gasteiger partial charge in [-0.1, -0.05) is 185 Å². The lowest BCUT2D eigenvalue weighted by Crippen LogP contribution is -2.30. The van der Waals surface area contributed by atoms with Gasteiger partial charge in [0, 0.05) is 19.3 Å². The van der Waals surface area contributed by atoms with Crippen LogP contribution in [0, 0.1) is 0 Å². The molecule has 0 rings (SSSR count). The molecule has 0 aliphatic carbocycles. The van der Waals surface area contributed by atoms with E-state index in [-0.39, 0.29) is 31.1 Å². The number of carbonyl (C=O) groups excluding carboxylic acids is 3. The summed E-state index contributed by atoms with van der Waals surface area (Å²) in [5.74, 6) is -0.923. The standard InChI is InChI=1S/C50H88O6/c1-4-7-10-13-16-19-21-23-24-25-26-28-29-31-34-37-40-43-49(52)55-46-47(45-54-48(51)42-39-36-33-18-15-12-9-6-3)56-50(53)44-41-38-35-32-30-27-22-20-17-14-11-8-5-2/h8,11,17,20,23-24,27,30,47H,4-7,9-10,12-16,18-19,21-22,25-26,28-29,31-46H2,1-3H3/b11-8-,20-17-,24-23-,30-27-. The van der Waals surface area contributed by atoms with E-state index < -0.39 is 6.10 Å². The molecule has 0 N–H and O–H groups in total. The van der Waals surface area contributed by atoms with Crippen molar-refractivity contribution in [2.75, 3.05) is 13.2 Å². The van der Waals surface area contributed by atoms with Crippen LogP contribution >= 0.6 is 0 Å². The lowest BCUT2D eigenvalue weighted by atomic mass is 10.1. The molecule has 6 nitrogen and oxygen atoms in total. The fourth-order valence-corrected chi connectivity index (χ4v) is 6.51. The van der Waals surface area contributed by atoms with Gasteiger partial charge in [0.25, 0.3) is 0 Å². The molecule has 0 aromatic carbocycles. The van der Waals surface area contributed by atoms with Gasteiger partial charge in [0.2, 0.25) is 0 Å². The zero-order valence-electron chi connectivity index (χ0n) is 36.9. The molecule has 56 heavy (non-hydrogen) atoms. The van der Waals surface area contributed by atoms with Gasteiger partial charge in [0.05, 0.1) is 0 Å². The van der Waals surface area contributed by atoms with Crippen molar-refractivity contribution < 1.29 is 28.6 Å². The van der Waals surface area contributed by atoms with Crippen LogP contribution in [0.25, 0.3) is 0 Å². The van der Waals surface area contributed by atoms with E-state index in [9.17, 15) is 14.4 Å². The van der Waals surface area contributed by atoms with Crippen molar-refractivity contribution in [1.82, 2.24) is 0 Å². The van der Waals surface area contributed by atoms with Crippen LogP contribution in [-0.2, 0) is 28.6 Å². The summed E-state index contributed by atoms with van der Waals surface area (Å²) in [4.78, 5) is 37.7. The van der Waals surface area contributed by atoms with E-state index in [1.807, 2.05) is 0 Å². The van der Waals surface area contributed by atoms with Crippen molar-refractivity contribution in [2.24, 2.45) is 0 Å². The summed E-state index contributed by atoms with van der Waals surface area (Å²) in [6.07, 6.45) is 52.4.